The normalized spacial score (nSPS) is 30.6. The summed E-state index contributed by atoms with van der Waals surface area (Å²) >= 11 is 0. The van der Waals surface area contributed by atoms with Gasteiger partial charge in [0.05, 0.1) is 29.4 Å². The van der Waals surface area contributed by atoms with Crippen molar-refractivity contribution in [1.29, 1.82) is 0 Å². The van der Waals surface area contributed by atoms with Crippen LogP contribution in [0.25, 0.3) is 0 Å². The van der Waals surface area contributed by atoms with Crippen molar-refractivity contribution in [3.63, 3.8) is 0 Å². The molecule has 37 heavy (non-hydrogen) atoms. The van der Waals surface area contributed by atoms with Crippen LogP contribution in [0.4, 0.5) is 0 Å². The lowest BCUT2D eigenvalue weighted by Crippen LogP contribution is -2.52. The summed E-state index contributed by atoms with van der Waals surface area (Å²) in [4.78, 5) is 39.0. The number of aliphatic hydroxyl groups is 2. The van der Waals surface area contributed by atoms with Crippen LogP contribution in [-0.4, -0.2) is 67.9 Å². The number of phenolic OH excluding ortho intramolecular Hbond substituents is 2. The molecule has 2 aromatic carbocycles. The first-order valence-corrected chi connectivity index (χ1v) is 11.7. The Morgan fingerprint density at radius 3 is 2.22 bits per heavy atom. The van der Waals surface area contributed by atoms with E-state index in [1.807, 2.05) is 0 Å². The van der Waals surface area contributed by atoms with E-state index < -0.39 is 71.5 Å². The Bertz CT molecular complexity index is 1300. The maximum Gasteiger partial charge on any atom is 0.198 e. The zero-order valence-corrected chi connectivity index (χ0v) is 20.9. The first-order valence-electron chi connectivity index (χ1n) is 11.7. The predicted octanol–water partition coefficient (Wildman–Crippen LogP) is 1.44. The highest BCUT2D eigenvalue weighted by atomic mass is 35.5. The van der Waals surface area contributed by atoms with Crippen LogP contribution in [0.15, 0.2) is 24.3 Å². The molecule has 1 fully saturated rings. The van der Waals surface area contributed by atoms with Gasteiger partial charge in [-0.1, -0.05) is 24.3 Å². The highest BCUT2D eigenvalue weighted by molar-refractivity contribution is 6.30. The number of aromatic hydroxyl groups is 2. The minimum absolute atomic E-state index is 0. The van der Waals surface area contributed by atoms with E-state index in [1.54, 1.807) is 19.1 Å². The third kappa shape index (κ3) is 4.14. The number of halogens is 1. The standard InChI is InChI=1S/C26H27NO9.ClH/c1-10-21(29)15(27)7-17(35-10)36-16-9-26(34,11(2)28)8-14-18(16)25(33)20-19(24(14)32)22(30)12-5-3-4-6-13(12)23(20)31;/h3-6,10,15-17,21,29,32-34H,7-9,27H2,1-2H3;1H/t10-,15-,16+,17+,21+,26+;/m0./s1. The molecule has 0 aromatic heterocycles. The van der Waals surface area contributed by atoms with Crippen LogP contribution in [-0.2, 0) is 20.7 Å². The molecule has 0 amide bonds. The van der Waals surface area contributed by atoms with Crippen LogP contribution < -0.4 is 5.73 Å². The second-order valence-electron chi connectivity index (χ2n) is 9.80. The Morgan fingerprint density at radius 2 is 1.68 bits per heavy atom. The molecule has 2 aliphatic carbocycles. The zero-order chi connectivity index (χ0) is 26.1. The van der Waals surface area contributed by atoms with Crippen molar-refractivity contribution in [3.05, 3.63) is 57.6 Å². The van der Waals surface area contributed by atoms with E-state index in [9.17, 15) is 34.8 Å². The Balaban J connectivity index is 0.00000320. The fraction of sp³-hybridized carbons (Fsp3) is 0.423. The van der Waals surface area contributed by atoms with Crippen molar-refractivity contribution in [3.8, 4) is 11.5 Å². The number of Topliss-reactive ketones (excluding diaryl/α,β-unsaturated/α-hetero) is 1. The molecule has 198 valence electrons. The van der Waals surface area contributed by atoms with Gasteiger partial charge in [-0.3, -0.25) is 14.4 Å². The van der Waals surface area contributed by atoms with Gasteiger partial charge in [0.2, 0.25) is 0 Å². The number of ketones is 3. The van der Waals surface area contributed by atoms with Crippen LogP contribution in [0, 0.1) is 0 Å². The van der Waals surface area contributed by atoms with Gasteiger partial charge in [0.1, 0.15) is 17.1 Å². The molecule has 5 rings (SSSR count). The first kappa shape index (κ1) is 27.2. The summed E-state index contributed by atoms with van der Waals surface area (Å²) in [6.07, 6.45) is -4.38. The van der Waals surface area contributed by atoms with Gasteiger partial charge in [-0.2, -0.15) is 0 Å². The molecular weight excluding hydrogens is 506 g/mol. The van der Waals surface area contributed by atoms with Gasteiger partial charge in [-0.25, -0.2) is 0 Å². The molecule has 2 aromatic rings. The van der Waals surface area contributed by atoms with Crippen molar-refractivity contribution >= 4 is 29.8 Å². The zero-order valence-electron chi connectivity index (χ0n) is 20.1. The third-order valence-electron chi connectivity index (χ3n) is 7.50. The lowest BCUT2D eigenvalue weighted by atomic mass is 9.72. The Labute approximate surface area is 218 Å². The molecule has 0 bridgehead atoms. The Morgan fingerprint density at radius 1 is 1.11 bits per heavy atom. The fourth-order valence-corrected chi connectivity index (χ4v) is 5.42. The number of rotatable bonds is 3. The van der Waals surface area contributed by atoms with E-state index in [4.69, 9.17) is 15.2 Å². The van der Waals surface area contributed by atoms with Crippen molar-refractivity contribution in [2.24, 2.45) is 5.73 Å². The Kier molecular flexibility index (Phi) is 6.95. The van der Waals surface area contributed by atoms with Gasteiger partial charge in [0, 0.05) is 47.6 Å². The SMILES string of the molecule is CC(=O)[C@@]1(O)Cc2c(O)c3c(c(O)c2[C@H](O[C@@H]2C[C@H](N)[C@H](O)[C@H](C)O2)C1)C(=O)c1ccccc1C3=O.Cl. The second kappa shape index (κ2) is 9.46. The summed E-state index contributed by atoms with van der Waals surface area (Å²) < 4.78 is 11.8. The summed E-state index contributed by atoms with van der Waals surface area (Å²) in [6.45, 7) is 2.80. The van der Waals surface area contributed by atoms with Gasteiger partial charge in [0.25, 0.3) is 0 Å². The quantitative estimate of drug-likeness (QED) is 0.309. The summed E-state index contributed by atoms with van der Waals surface area (Å²) in [5.74, 6) is -3.06. The number of hydrogen-bond acceptors (Lipinski definition) is 10. The van der Waals surface area contributed by atoms with Crippen molar-refractivity contribution in [2.75, 3.05) is 0 Å². The molecule has 10 nitrogen and oxygen atoms in total. The minimum atomic E-state index is -1.97. The molecule has 0 unspecified atom stereocenters. The molecule has 0 radical (unpaired) electrons. The highest BCUT2D eigenvalue weighted by Gasteiger charge is 2.49. The summed E-state index contributed by atoms with van der Waals surface area (Å²) in [5.41, 5.74) is 3.38. The van der Waals surface area contributed by atoms with Crippen LogP contribution >= 0.6 is 12.4 Å². The van der Waals surface area contributed by atoms with Crippen molar-refractivity contribution in [1.82, 2.24) is 0 Å². The van der Waals surface area contributed by atoms with E-state index in [0.717, 1.165) is 0 Å². The van der Waals surface area contributed by atoms with E-state index in [-0.39, 0.29) is 58.6 Å². The average Bonchev–Trinajstić information content (AvgIpc) is 2.82. The smallest absolute Gasteiger partial charge is 0.198 e. The monoisotopic (exact) mass is 533 g/mol. The highest BCUT2D eigenvalue weighted by Crippen LogP contribution is 2.51. The van der Waals surface area contributed by atoms with E-state index in [2.05, 4.69) is 0 Å². The number of hydrogen-bond donors (Lipinski definition) is 5. The minimum Gasteiger partial charge on any atom is -0.507 e. The van der Waals surface area contributed by atoms with Crippen LogP contribution in [0.5, 0.6) is 11.5 Å². The van der Waals surface area contributed by atoms with E-state index in [1.165, 1.54) is 19.1 Å². The van der Waals surface area contributed by atoms with Crippen molar-refractivity contribution in [2.45, 2.75) is 69.4 Å². The van der Waals surface area contributed by atoms with Gasteiger partial charge in [-0.15, -0.1) is 12.4 Å². The average molecular weight is 534 g/mol. The number of benzene rings is 2. The second-order valence-corrected chi connectivity index (χ2v) is 9.80. The number of carbonyl (C=O) groups excluding carboxylic acids is 3. The molecular formula is C26H28ClNO9. The predicted molar refractivity (Wildman–Crippen MR) is 131 cm³/mol. The number of carbonyl (C=O) groups is 3. The number of aliphatic hydroxyl groups excluding tert-OH is 1. The number of nitrogens with two attached hydrogens (primary N) is 1. The lowest BCUT2D eigenvalue weighted by molar-refractivity contribution is -0.247. The maximum atomic E-state index is 13.3. The third-order valence-corrected chi connectivity index (χ3v) is 7.50. The molecule has 0 spiro atoms. The van der Waals surface area contributed by atoms with Gasteiger partial charge < -0.3 is 35.6 Å². The van der Waals surface area contributed by atoms with Gasteiger partial charge in [0.15, 0.2) is 23.6 Å². The molecule has 0 saturated carbocycles. The van der Waals surface area contributed by atoms with E-state index >= 15 is 0 Å². The Hall–Kier alpha value is -2.86. The summed E-state index contributed by atoms with van der Waals surface area (Å²) in [6, 6.07) is 5.40. The summed E-state index contributed by atoms with van der Waals surface area (Å²) in [5, 5.41) is 43.8. The topological polar surface area (TPSA) is 177 Å². The molecule has 1 aliphatic heterocycles. The largest absolute Gasteiger partial charge is 0.507 e. The van der Waals surface area contributed by atoms with Crippen LogP contribution in [0.3, 0.4) is 0 Å². The van der Waals surface area contributed by atoms with Crippen LogP contribution in [0.2, 0.25) is 0 Å². The van der Waals surface area contributed by atoms with Gasteiger partial charge >= 0.3 is 0 Å². The number of phenols is 2. The summed E-state index contributed by atoms with van der Waals surface area (Å²) in [7, 11) is 0. The molecule has 6 N–H and O–H groups in total. The maximum absolute atomic E-state index is 13.3. The lowest BCUT2D eigenvalue weighted by Gasteiger charge is -2.42. The molecule has 1 saturated heterocycles. The number of fused-ring (bicyclic) bond motifs is 3. The first-order chi connectivity index (χ1) is 16.9. The fourth-order valence-electron chi connectivity index (χ4n) is 5.42. The van der Waals surface area contributed by atoms with E-state index in [0.29, 0.717) is 0 Å². The van der Waals surface area contributed by atoms with Crippen molar-refractivity contribution < 1.29 is 44.3 Å². The molecule has 3 aliphatic rings. The molecule has 11 heteroatoms. The van der Waals surface area contributed by atoms with Crippen LogP contribution in [0.1, 0.15) is 75.8 Å². The molecule has 6 atom stereocenters. The molecule has 1 heterocycles. The van der Waals surface area contributed by atoms with Gasteiger partial charge in [-0.05, 0) is 13.8 Å². The number of ether oxygens (including phenoxy) is 2.